The number of benzene rings is 3. The highest BCUT2D eigenvalue weighted by Crippen LogP contribution is 2.25. The van der Waals surface area contributed by atoms with E-state index in [2.05, 4.69) is 24.3 Å². The van der Waals surface area contributed by atoms with Crippen molar-refractivity contribution in [2.75, 3.05) is 13.1 Å². The van der Waals surface area contributed by atoms with E-state index in [1.807, 2.05) is 23.1 Å². The first-order valence-electron chi connectivity index (χ1n) is 11.7. The zero-order valence-electron chi connectivity index (χ0n) is 19.2. The van der Waals surface area contributed by atoms with Crippen LogP contribution in [0.3, 0.4) is 0 Å². The molecule has 7 nitrogen and oxygen atoms in total. The normalized spacial score (nSPS) is 14.2. The summed E-state index contributed by atoms with van der Waals surface area (Å²) in [5.41, 5.74) is 2.79. The number of nitro benzene ring substituents is 1. The number of nitro groups is 1. The van der Waals surface area contributed by atoms with Gasteiger partial charge in [-0.15, -0.1) is 0 Å². The predicted octanol–water partition coefficient (Wildman–Crippen LogP) is 5.33. The molecule has 176 valence electrons. The van der Waals surface area contributed by atoms with Crippen LogP contribution in [0.2, 0.25) is 0 Å². The van der Waals surface area contributed by atoms with Gasteiger partial charge in [0.25, 0.3) is 17.5 Å². The second-order valence-electron chi connectivity index (χ2n) is 8.99. The number of likely N-dealkylation sites (tertiary alicyclic amines) is 1. The van der Waals surface area contributed by atoms with Crippen molar-refractivity contribution in [3.05, 3.63) is 112 Å². The average molecular weight is 468 g/mol. The average Bonchev–Trinajstić information content (AvgIpc) is 3.32. The molecule has 35 heavy (non-hydrogen) atoms. The monoisotopic (exact) mass is 467 g/mol. The van der Waals surface area contributed by atoms with Crippen LogP contribution in [0.5, 0.6) is 0 Å². The van der Waals surface area contributed by atoms with Gasteiger partial charge in [-0.2, -0.15) is 0 Å². The summed E-state index contributed by atoms with van der Waals surface area (Å²) in [6.07, 6.45) is 4.64. The maximum absolute atomic E-state index is 13.3. The summed E-state index contributed by atoms with van der Waals surface area (Å²) in [5.74, 6) is 0.238. The lowest BCUT2D eigenvalue weighted by molar-refractivity contribution is -0.384. The van der Waals surface area contributed by atoms with Gasteiger partial charge in [-0.1, -0.05) is 36.4 Å². The second-order valence-corrected chi connectivity index (χ2v) is 8.99. The molecule has 0 spiro atoms. The fraction of sp³-hybridized carbons (Fsp3) is 0.214. The number of aromatic nitrogens is 1. The Morgan fingerprint density at radius 3 is 2.23 bits per heavy atom. The smallest absolute Gasteiger partial charge is 0.269 e. The molecule has 3 aromatic carbocycles. The molecule has 1 amide bonds. The summed E-state index contributed by atoms with van der Waals surface area (Å²) < 4.78 is 1.49. The maximum atomic E-state index is 13.3. The van der Waals surface area contributed by atoms with E-state index in [9.17, 15) is 19.7 Å². The maximum Gasteiger partial charge on any atom is 0.269 e. The van der Waals surface area contributed by atoms with E-state index in [1.54, 1.807) is 18.3 Å². The van der Waals surface area contributed by atoms with E-state index in [0.29, 0.717) is 22.6 Å². The molecule has 4 aromatic rings. The third-order valence-electron chi connectivity index (χ3n) is 6.75. The van der Waals surface area contributed by atoms with Gasteiger partial charge in [0.05, 0.1) is 10.4 Å². The Morgan fingerprint density at radius 2 is 1.54 bits per heavy atom. The highest BCUT2D eigenvalue weighted by Gasteiger charge is 2.24. The van der Waals surface area contributed by atoms with Gasteiger partial charge in [0.2, 0.25) is 0 Å². The Kier molecular flexibility index (Phi) is 6.14. The van der Waals surface area contributed by atoms with Crippen molar-refractivity contribution < 1.29 is 14.5 Å². The predicted molar refractivity (Wildman–Crippen MR) is 134 cm³/mol. The van der Waals surface area contributed by atoms with Gasteiger partial charge in [-0.05, 0) is 61.1 Å². The van der Waals surface area contributed by atoms with Crippen LogP contribution < -0.4 is 0 Å². The molecule has 7 heteroatoms. The zero-order valence-corrected chi connectivity index (χ0v) is 19.2. The first-order valence-corrected chi connectivity index (χ1v) is 11.7. The highest BCUT2D eigenvalue weighted by atomic mass is 16.6. The molecule has 1 aliphatic rings. The fourth-order valence-electron chi connectivity index (χ4n) is 4.77. The first kappa shape index (κ1) is 22.5. The van der Waals surface area contributed by atoms with Crippen LogP contribution in [0.4, 0.5) is 5.69 Å². The van der Waals surface area contributed by atoms with E-state index in [4.69, 9.17) is 0 Å². The lowest BCUT2D eigenvalue weighted by Gasteiger charge is -2.32. The van der Waals surface area contributed by atoms with Crippen molar-refractivity contribution in [1.29, 1.82) is 0 Å². The van der Waals surface area contributed by atoms with Crippen LogP contribution in [0, 0.1) is 16.0 Å². The summed E-state index contributed by atoms with van der Waals surface area (Å²) in [6.45, 7) is 1.44. The molecule has 0 unspecified atom stereocenters. The molecule has 0 bridgehead atoms. The van der Waals surface area contributed by atoms with Crippen LogP contribution in [-0.2, 0) is 6.42 Å². The van der Waals surface area contributed by atoms with Gasteiger partial charge in [-0.3, -0.25) is 24.3 Å². The Labute approximate surface area is 202 Å². The van der Waals surface area contributed by atoms with Gasteiger partial charge in [0.15, 0.2) is 0 Å². The van der Waals surface area contributed by atoms with Gasteiger partial charge < -0.3 is 4.90 Å². The summed E-state index contributed by atoms with van der Waals surface area (Å²) in [6, 6.07) is 23.2. The summed E-state index contributed by atoms with van der Waals surface area (Å²) in [5, 5.41) is 11.7. The molecule has 1 aliphatic heterocycles. The minimum Gasteiger partial charge on any atom is -0.339 e. The van der Waals surface area contributed by atoms with Crippen LogP contribution >= 0.6 is 0 Å². The van der Waals surface area contributed by atoms with Gasteiger partial charge in [-0.25, -0.2) is 0 Å². The Bertz CT molecular complexity index is 1390. The van der Waals surface area contributed by atoms with Crippen molar-refractivity contribution in [3.63, 3.8) is 0 Å². The molecular weight excluding hydrogens is 442 g/mol. The number of hydrogen-bond donors (Lipinski definition) is 0. The Morgan fingerprint density at radius 1 is 0.857 bits per heavy atom. The number of rotatable bonds is 5. The van der Waals surface area contributed by atoms with Crippen molar-refractivity contribution in [1.82, 2.24) is 9.47 Å². The number of amides is 1. The van der Waals surface area contributed by atoms with Crippen LogP contribution in [0.15, 0.2) is 85.1 Å². The van der Waals surface area contributed by atoms with Crippen molar-refractivity contribution >= 4 is 28.4 Å². The second kappa shape index (κ2) is 9.54. The van der Waals surface area contributed by atoms with E-state index in [0.717, 1.165) is 37.7 Å². The number of fused-ring (bicyclic) bond motifs is 1. The largest absolute Gasteiger partial charge is 0.339 e. The Hall–Kier alpha value is -4.26. The molecule has 0 aliphatic carbocycles. The zero-order chi connectivity index (χ0) is 24.4. The van der Waals surface area contributed by atoms with E-state index in [1.165, 1.54) is 34.4 Å². The van der Waals surface area contributed by atoms with Gasteiger partial charge in [0, 0.05) is 47.9 Å². The molecule has 0 radical (unpaired) electrons. The molecular formula is C28H25N3O4. The lowest BCUT2D eigenvalue weighted by atomic mass is 9.90. The number of carbonyl (C=O) groups excluding carboxylic acids is 2. The molecule has 0 N–H and O–H groups in total. The molecule has 1 fully saturated rings. The summed E-state index contributed by atoms with van der Waals surface area (Å²) in [4.78, 5) is 38.6. The van der Waals surface area contributed by atoms with E-state index >= 15 is 0 Å². The molecule has 2 heterocycles. The fourth-order valence-corrected chi connectivity index (χ4v) is 4.77. The topological polar surface area (TPSA) is 85.4 Å². The third kappa shape index (κ3) is 4.71. The quantitative estimate of drug-likeness (QED) is 0.293. The lowest BCUT2D eigenvalue weighted by Crippen LogP contribution is -2.38. The summed E-state index contributed by atoms with van der Waals surface area (Å²) in [7, 11) is 0. The Balaban J connectivity index is 1.30. The number of hydrogen-bond acceptors (Lipinski definition) is 4. The molecule has 5 rings (SSSR count). The molecule has 1 saturated heterocycles. The third-order valence-corrected chi connectivity index (χ3v) is 6.75. The summed E-state index contributed by atoms with van der Waals surface area (Å²) >= 11 is 0. The minimum atomic E-state index is -0.498. The van der Waals surface area contributed by atoms with Gasteiger partial charge >= 0.3 is 0 Å². The van der Waals surface area contributed by atoms with E-state index in [-0.39, 0.29) is 17.5 Å². The van der Waals surface area contributed by atoms with Crippen LogP contribution in [-0.4, -0.2) is 39.3 Å². The highest BCUT2D eigenvalue weighted by molar-refractivity contribution is 6.04. The molecule has 1 aromatic heterocycles. The van der Waals surface area contributed by atoms with Crippen molar-refractivity contribution in [2.24, 2.45) is 5.92 Å². The molecule has 0 atom stereocenters. The van der Waals surface area contributed by atoms with Gasteiger partial charge in [0.1, 0.15) is 0 Å². The SMILES string of the molecule is O=C(c1ccc2ccn(C(=O)c3ccc([N+](=O)[O-])cc3)c2c1)N1CCC(Cc2ccccc2)CC1. The molecule has 0 saturated carbocycles. The van der Waals surface area contributed by atoms with Crippen LogP contribution in [0.25, 0.3) is 10.9 Å². The first-order chi connectivity index (χ1) is 17.0. The number of non-ortho nitro benzene ring substituents is 1. The number of carbonyl (C=O) groups is 2. The number of piperidine rings is 1. The van der Waals surface area contributed by atoms with E-state index < -0.39 is 4.92 Å². The van der Waals surface area contributed by atoms with Crippen molar-refractivity contribution in [3.8, 4) is 0 Å². The standard InChI is InChI=1S/C28H25N3O4/c32-27(29-15-12-21(13-16-29)18-20-4-2-1-3-5-20)24-7-6-22-14-17-30(26(22)19-24)28(33)23-8-10-25(11-9-23)31(34)35/h1-11,14,17,19,21H,12-13,15-16,18H2. The minimum absolute atomic E-state index is 0.0272. The van der Waals surface area contributed by atoms with Crippen LogP contribution in [0.1, 0.15) is 39.1 Å². The number of nitrogens with zero attached hydrogens (tertiary/aromatic N) is 3. The van der Waals surface area contributed by atoms with Crippen molar-refractivity contribution in [2.45, 2.75) is 19.3 Å².